The van der Waals surface area contributed by atoms with Crippen LogP contribution in [0, 0.1) is 0 Å². The van der Waals surface area contributed by atoms with Gasteiger partial charge in [-0.05, 0) is 25.5 Å². The lowest BCUT2D eigenvalue weighted by molar-refractivity contribution is -0.137. The van der Waals surface area contributed by atoms with Crippen LogP contribution in [0.4, 0.5) is 5.69 Å². The Hall–Kier alpha value is -1.56. The van der Waals surface area contributed by atoms with Gasteiger partial charge in [-0.3, -0.25) is 4.79 Å². The van der Waals surface area contributed by atoms with Gasteiger partial charge in [0.1, 0.15) is 6.04 Å². The number of para-hydroxylation sites is 1. The molecule has 0 fully saturated rings. The second-order valence-corrected chi connectivity index (χ2v) is 6.10. The summed E-state index contributed by atoms with van der Waals surface area (Å²) in [5.41, 5.74) is 0.334. The number of carboxylic acid groups (broad SMARTS) is 1. The first kappa shape index (κ1) is 14.5. The van der Waals surface area contributed by atoms with Gasteiger partial charge in [0.25, 0.3) is 0 Å². The summed E-state index contributed by atoms with van der Waals surface area (Å²) >= 11 is 0. The Morgan fingerprint density at radius 2 is 2.00 bits per heavy atom. The smallest absolute Gasteiger partial charge is 0.325 e. The molecule has 1 aromatic carbocycles. The fourth-order valence-corrected chi connectivity index (χ4v) is 3.04. The maximum Gasteiger partial charge on any atom is 0.325 e. The summed E-state index contributed by atoms with van der Waals surface area (Å²) in [5.74, 6) is -0.981. The number of aliphatic carboxylic acids is 1. The molecule has 1 unspecified atom stereocenters. The van der Waals surface area contributed by atoms with Gasteiger partial charge in [-0.15, -0.1) is 0 Å². The van der Waals surface area contributed by atoms with Crippen LogP contribution in [0.1, 0.15) is 20.3 Å². The van der Waals surface area contributed by atoms with Crippen molar-refractivity contribution in [2.75, 3.05) is 11.1 Å². The fourth-order valence-electron chi connectivity index (χ4n) is 1.53. The van der Waals surface area contributed by atoms with Crippen LogP contribution in [0.3, 0.4) is 0 Å². The zero-order valence-electron chi connectivity index (χ0n) is 10.4. The molecule has 5 nitrogen and oxygen atoms in total. The number of carboxylic acids is 1. The molecule has 0 radical (unpaired) electrons. The van der Waals surface area contributed by atoms with E-state index in [0.29, 0.717) is 12.1 Å². The number of rotatable bonds is 6. The van der Waals surface area contributed by atoms with Crippen LogP contribution in [0.5, 0.6) is 0 Å². The Morgan fingerprint density at radius 1 is 1.39 bits per heavy atom. The number of benzene rings is 1. The average molecular weight is 271 g/mol. The van der Waals surface area contributed by atoms with Crippen LogP contribution in [0.25, 0.3) is 0 Å². The summed E-state index contributed by atoms with van der Waals surface area (Å²) in [6.07, 6.45) is 0.519. The van der Waals surface area contributed by atoms with Crippen molar-refractivity contribution >= 4 is 21.5 Å². The summed E-state index contributed by atoms with van der Waals surface area (Å²) in [6.45, 7) is 3.25. The monoisotopic (exact) mass is 271 g/mol. The largest absolute Gasteiger partial charge is 0.480 e. The fraction of sp³-hybridized carbons (Fsp3) is 0.417. The molecule has 2 N–H and O–H groups in total. The normalized spacial score (nSPS) is 13.0. The van der Waals surface area contributed by atoms with Gasteiger partial charge in [-0.1, -0.05) is 19.1 Å². The van der Waals surface area contributed by atoms with Crippen molar-refractivity contribution in [2.45, 2.75) is 31.2 Å². The molecule has 0 aliphatic rings. The second-order valence-electron chi connectivity index (χ2n) is 4.02. The molecule has 0 aliphatic heterocycles. The third-order valence-electron chi connectivity index (χ3n) is 2.44. The minimum atomic E-state index is -3.37. The van der Waals surface area contributed by atoms with Crippen LogP contribution >= 0.6 is 0 Å². The number of hydrogen-bond acceptors (Lipinski definition) is 4. The van der Waals surface area contributed by atoms with Gasteiger partial charge >= 0.3 is 5.97 Å². The van der Waals surface area contributed by atoms with Crippen LogP contribution in [0.2, 0.25) is 0 Å². The van der Waals surface area contributed by atoms with Crippen molar-refractivity contribution in [1.82, 2.24) is 0 Å². The van der Waals surface area contributed by atoms with Crippen molar-refractivity contribution < 1.29 is 18.3 Å². The SMILES string of the molecule is CCCS(=O)(=O)c1ccccc1NC(C)C(=O)O. The molecule has 0 saturated heterocycles. The van der Waals surface area contributed by atoms with E-state index >= 15 is 0 Å². The highest BCUT2D eigenvalue weighted by molar-refractivity contribution is 7.91. The third-order valence-corrected chi connectivity index (χ3v) is 4.41. The van der Waals surface area contributed by atoms with Gasteiger partial charge < -0.3 is 10.4 Å². The quantitative estimate of drug-likeness (QED) is 0.823. The molecule has 1 atom stereocenters. The van der Waals surface area contributed by atoms with Crippen LogP contribution < -0.4 is 5.32 Å². The van der Waals surface area contributed by atoms with E-state index in [1.165, 1.54) is 13.0 Å². The van der Waals surface area contributed by atoms with E-state index in [1.54, 1.807) is 25.1 Å². The predicted molar refractivity (Wildman–Crippen MR) is 69.5 cm³/mol. The Labute approximate surface area is 107 Å². The summed E-state index contributed by atoms with van der Waals surface area (Å²) in [7, 11) is -3.37. The van der Waals surface area contributed by atoms with Crippen molar-refractivity contribution in [3.05, 3.63) is 24.3 Å². The lowest BCUT2D eigenvalue weighted by Crippen LogP contribution is -2.26. The molecule has 18 heavy (non-hydrogen) atoms. The Morgan fingerprint density at radius 3 is 2.56 bits per heavy atom. The molecule has 0 heterocycles. The van der Waals surface area contributed by atoms with E-state index in [1.807, 2.05) is 0 Å². The Balaban J connectivity index is 3.11. The first-order valence-corrected chi connectivity index (χ1v) is 7.35. The molecule has 0 aromatic heterocycles. The molecular weight excluding hydrogens is 254 g/mol. The van der Waals surface area contributed by atoms with Crippen LogP contribution in [-0.2, 0) is 14.6 Å². The van der Waals surface area contributed by atoms with Gasteiger partial charge in [0.2, 0.25) is 0 Å². The lowest BCUT2D eigenvalue weighted by atomic mass is 10.2. The molecular formula is C12H17NO4S. The minimum Gasteiger partial charge on any atom is -0.480 e. The molecule has 0 amide bonds. The number of sulfone groups is 1. The van der Waals surface area contributed by atoms with Crippen molar-refractivity contribution in [3.8, 4) is 0 Å². The van der Waals surface area contributed by atoms with E-state index in [-0.39, 0.29) is 10.6 Å². The molecule has 0 bridgehead atoms. The molecule has 0 aliphatic carbocycles. The van der Waals surface area contributed by atoms with Gasteiger partial charge in [-0.25, -0.2) is 8.42 Å². The number of hydrogen-bond donors (Lipinski definition) is 2. The first-order chi connectivity index (χ1) is 8.38. The second kappa shape index (κ2) is 5.86. The molecule has 1 aromatic rings. The topological polar surface area (TPSA) is 83.5 Å². The Bertz CT molecular complexity index is 525. The maximum absolute atomic E-state index is 12.0. The molecule has 0 saturated carbocycles. The molecule has 6 heteroatoms. The number of carbonyl (C=O) groups is 1. The summed E-state index contributed by atoms with van der Waals surface area (Å²) in [5, 5.41) is 11.5. The van der Waals surface area contributed by atoms with Crippen LogP contribution in [0.15, 0.2) is 29.2 Å². The van der Waals surface area contributed by atoms with E-state index < -0.39 is 21.8 Å². The Kier molecular flexibility index (Phi) is 4.72. The van der Waals surface area contributed by atoms with Gasteiger partial charge in [0, 0.05) is 0 Å². The third kappa shape index (κ3) is 3.46. The standard InChI is InChI=1S/C12H17NO4S/c1-3-8-18(16,17)11-7-5-4-6-10(11)13-9(2)12(14)15/h4-7,9,13H,3,8H2,1-2H3,(H,14,15). The predicted octanol–water partition coefficient (Wildman–Crippen LogP) is 1.76. The highest BCUT2D eigenvalue weighted by Crippen LogP contribution is 2.23. The van der Waals surface area contributed by atoms with Crippen LogP contribution in [-0.4, -0.2) is 31.3 Å². The van der Waals surface area contributed by atoms with Gasteiger partial charge in [-0.2, -0.15) is 0 Å². The van der Waals surface area contributed by atoms with Gasteiger partial charge in [0.05, 0.1) is 16.3 Å². The summed E-state index contributed by atoms with van der Waals surface area (Å²) < 4.78 is 24.0. The first-order valence-electron chi connectivity index (χ1n) is 5.69. The summed E-state index contributed by atoms with van der Waals surface area (Å²) in [4.78, 5) is 10.9. The average Bonchev–Trinajstić information content (AvgIpc) is 2.29. The molecule has 1 rings (SSSR count). The molecule has 100 valence electrons. The zero-order valence-corrected chi connectivity index (χ0v) is 11.2. The van der Waals surface area contributed by atoms with E-state index in [9.17, 15) is 13.2 Å². The van der Waals surface area contributed by atoms with E-state index in [4.69, 9.17) is 5.11 Å². The number of nitrogens with one attached hydrogen (secondary N) is 1. The number of anilines is 1. The van der Waals surface area contributed by atoms with Crippen molar-refractivity contribution in [3.63, 3.8) is 0 Å². The highest BCUT2D eigenvalue weighted by Gasteiger charge is 2.19. The molecule has 0 spiro atoms. The van der Waals surface area contributed by atoms with Crippen molar-refractivity contribution in [1.29, 1.82) is 0 Å². The lowest BCUT2D eigenvalue weighted by Gasteiger charge is -2.14. The highest BCUT2D eigenvalue weighted by atomic mass is 32.2. The van der Waals surface area contributed by atoms with Crippen molar-refractivity contribution in [2.24, 2.45) is 0 Å². The van der Waals surface area contributed by atoms with E-state index in [2.05, 4.69) is 5.32 Å². The summed E-state index contributed by atoms with van der Waals surface area (Å²) in [6, 6.07) is 5.51. The van der Waals surface area contributed by atoms with Gasteiger partial charge in [0.15, 0.2) is 9.84 Å². The maximum atomic E-state index is 12.0. The minimum absolute atomic E-state index is 0.0488. The van der Waals surface area contributed by atoms with E-state index in [0.717, 1.165) is 0 Å². The zero-order chi connectivity index (χ0) is 13.8.